The van der Waals surface area contributed by atoms with Crippen LogP contribution in [-0.4, -0.2) is 4.92 Å². The highest BCUT2D eigenvalue weighted by Gasteiger charge is 2.10. The van der Waals surface area contributed by atoms with Gasteiger partial charge in [0.25, 0.3) is 5.69 Å². The molecule has 0 saturated heterocycles. The zero-order chi connectivity index (χ0) is 14.0. The Labute approximate surface area is 117 Å². The van der Waals surface area contributed by atoms with Crippen LogP contribution >= 0.6 is 23.2 Å². The van der Waals surface area contributed by atoms with Gasteiger partial charge in [-0.05, 0) is 24.3 Å². The van der Waals surface area contributed by atoms with Gasteiger partial charge in [-0.3, -0.25) is 10.1 Å². The van der Waals surface area contributed by atoms with Crippen molar-refractivity contribution in [2.45, 2.75) is 0 Å². The number of rotatable bonds is 3. The van der Waals surface area contributed by atoms with Crippen LogP contribution in [0, 0.1) is 15.9 Å². The number of halogens is 3. The van der Waals surface area contributed by atoms with E-state index in [1.165, 1.54) is 6.07 Å². The Bertz CT molecular complexity index is 629. The molecule has 0 heterocycles. The summed E-state index contributed by atoms with van der Waals surface area (Å²) in [6.45, 7) is 0. The van der Waals surface area contributed by atoms with Gasteiger partial charge in [0.15, 0.2) is 0 Å². The summed E-state index contributed by atoms with van der Waals surface area (Å²) >= 11 is 11.6. The molecular formula is C12H7Cl2FN2O2. The Morgan fingerprint density at radius 1 is 1.00 bits per heavy atom. The lowest BCUT2D eigenvalue weighted by atomic mass is 10.2. The average molecular weight is 301 g/mol. The highest BCUT2D eigenvalue weighted by molar-refractivity contribution is 6.35. The normalized spacial score (nSPS) is 10.3. The predicted octanol–water partition coefficient (Wildman–Crippen LogP) is 4.78. The van der Waals surface area contributed by atoms with E-state index in [2.05, 4.69) is 5.32 Å². The SMILES string of the molecule is O=[N+]([O-])c1cc(F)cc(Nc2cc(Cl)cc(Cl)c2)c1. The average Bonchev–Trinajstić information content (AvgIpc) is 2.26. The minimum absolute atomic E-state index is 0.241. The fraction of sp³-hybridized carbons (Fsp3) is 0. The molecule has 0 radical (unpaired) electrons. The molecule has 0 bridgehead atoms. The van der Waals surface area contributed by atoms with E-state index in [1.807, 2.05) is 0 Å². The molecule has 0 unspecified atom stereocenters. The molecule has 2 aromatic rings. The first-order valence-electron chi connectivity index (χ1n) is 5.12. The summed E-state index contributed by atoms with van der Waals surface area (Å²) in [5.74, 6) is -0.704. The third-order valence-electron chi connectivity index (χ3n) is 2.24. The molecule has 1 N–H and O–H groups in total. The first-order valence-corrected chi connectivity index (χ1v) is 5.88. The number of non-ortho nitro benzene ring substituents is 1. The molecule has 0 atom stereocenters. The zero-order valence-electron chi connectivity index (χ0n) is 9.36. The maximum absolute atomic E-state index is 13.3. The number of nitrogens with zero attached hydrogens (tertiary/aromatic N) is 1. The van der Waals surface area contributed by atoms with Crippen molar-refractivity contribution in [3.8, 4) is 0 Å². The van der Waals surface area contributed by atoms with Gasteiger partial charge in [-0.25, -0.2) is 4.39 Å². The molecule has 0 aromatic heterocycles. The van der Waals surface area contributed by atoms with Crippen molar-refractivity contribution in [1.29, 1.82) is 0 Å². The quantitative estimate of drug-likeness (QED) is 0.655. The summed E-state index contributed by atoms with van der Waals surface area (Å²) in [5.41, 5.74) is 0.415. The minimum Gasteiger partial charge on any atom is -0.355 e. The predicted molar refractivity (Wildman–Crippen MR) is 72.8 cm³/mol. The van der Waals surface area contributed by atoms with E-state index in [0.29, 0.717) is 15.7 Å². The summed E-state index contributed by atoms with van der Waals surface area (Å²) in [4.78, 5) is 9.97. The maximum atomic E-state index is 13.3. The fourth-order valence-electron chi connectivity index (χ4n) is 1.54. The van der Waals surface area contributed by atoms with E-state index in [9.17, 15) is 14.5 Å². The van der Waals surface area contributed by atoms with E-state index < -0.39 is 10.7 Å². The van der Waals surface area contributed by atoms with Gasteiger partial charge < -0.3 is 5.32 Å². The van der Waals surface area contributed by atoms with E-state index in [4.69, 9.17) is 23.2 Å². The van der Waals surface area contributed by atoms with Crippen molar-refractivity contribution in [3.05, 3.63) is 62.4 Å². The third-order valence-corrected chi connectivity index (χ3v) is 2.68. The molecule has 0 aliphatic carbocycles. The van der Waals surface area contributed by atoms with Gasteiger partial charge in [-0.2, -0.15) is 0 Å². The molecule has 7 heteroatoms. The van der Waals surface area contributed by atoms with Gasteiger partial charge in [0, 0.05) is 27.5 Å². The van der Waals surface area contributed by atoms with Crippen LogP contribution in [0.25, 0.3) is 0 Å². The molecule has 4 nitrogen and oxygen atoms in total. The van der Waals surface area contributed by atoms with Crippen molar-refractivity contribution in [1.82, 2.24) is 0 Å². The molecule has 0 spiro atoms. The Morgan fingerprint density at radius 2 is 1.58 bits per heavy atom. The van der Waals surface area contributed by atoms with Crippen LogP contribution in [0.15, 0.2) is 36.4 Å². The summed E-state index contributed by atoms with van der Waals surface area (Å²) < 4.78 is 13.3. The Hall–Kier alpha value is -1.85. The summed E-state index contributed by atoms with van der Waals surface area (Å²) in [7, 11) is 0. The van der Waals surface area contributed by atoms with Crippen LogP contribution in [0.1, 0.15) is 0 Å². The van der Waals surface area contributed by atoms with E-state index in [-0.39, 0.29) is 11.4 Å². The van der Waals surface area contributed by atoms with Crippen molar-refractivity contribution in [3.63, 3.8) is 0 Å². The number of benzene rings is 2. The fourth-order valence-corrected chi connectivity index (χ4v) is 2.07. The largest absolute Gasteiger partial charge is 0.355 e. The molecule has 19 heavy (non-hydrogen) atoms. The molecule has 2 aromatic carbocycles. The monoisotopic (exact) mass is 300 g/mol. The number of nitro benzene ring substituents is 1. The molecule has 0 aliphatic rings. The lowest BCUT2D eigenvalue weighted by Crippen LogP contribution is -1.95. The van der Waals surface area contributed by atoms with Crippen LogP contribution in [-0.2, 0) is 0 Å². The van der Waals surface area contributed by atoms with Crippen LogP contribution in [0.5, 0.6) is 0 Å². The molecule has 0 fully saturated rings. The number of anilines is 2. The highest BCUT2D eigenvalue weighted by Crippen LogP contribution is 2.27. The maximum Gasteiger partial charge on any atom is 0.274 e. The van der Waals surface area contributed by atoms with Gasteiger partial charge in [0.1, 0.15) is 5.82 Å². The summed E-state index contributed by atoms with van der Waals surface area (Å²) in [5, 5.41) is 14.3. The van der Waals surface area contributed by atoms with E-state index >= 15 is 0 Å². The van der Waals surface area contributed by atoms with Gasteiger partial charge in [-0.15, -0.1) is 0 Å². The van der Waals surface area contributed by atoms with Gasteiger partial charge in [-0.1, -0.05) is 23.2 Å². The van der Waals surface area contributed by atoms with Gasteiger partial charge in [0.05, 0.1) is 11.0 Å². The first kappa shape index (κ1) is 13.6. The minimum atomic E-state index is -0.704. The Morgan fingerprint density at radius 3 is 2.16 bits per heavy atom. The third kappa shape index (κ3) is 3.56. The lowest BCUT2D eigenvalue weighted by molar-refractivity contribution is -0.385. The molecule has 2 rings (SSSR count). The highest BCUT2D eigenvalue weighted by atomic mass is 35.5. The number of hydrogen-bond acceptors (Lipinski definition) is 3. The topological polar surface area (TPSA) is 55.2 Å². The molecular weight excluding hydrogens is 294 g/mol. The molecule has 0 saturated carbocycles. The molecule has 98 valence electrons. The summed E-state index contributed by atoms with van der Waals surface area (Å²) in [6, 6.07) is 7.90. The van der Waals surface area contributed by atoms with E-state index in [1.54, 1.807) is 18.2 Å². The number of nitrogens with one attached hydrogen (secondary N) is 1. The smallest absolute Gasteiger partial charge is 0.274 e. The van der Waals surface area contributed by atoms with Crippen LogP contribution in [0.3, 0.4) is 0 Å². The van der Waals surface area contributed by atoms with E-state index in [0.717, 1.165) is 12.1 Å². The van der Waals surface area contributed by atoms with Crippen molar-refractivity contribution >= 4 is 40.3 Å². The zero-order valence-corrected chi connectivity index (χ0v) is 10.9. The second kappa shape index (κ2) is 5.42. The molecule has 0 amide bonds. The number of nitro groups is 1. The lowest BCUT2D eigenvalue weighted by Gasteiger charge is -2.07. The second-order valence-electron chi connectivity index (χ2n) is 3.74. The Balaban J connectivity index is 2.35. The first-order chi connectivity index (χ1) is 8.94. The second-order valence-corrected chi connectivity index (χ2v) is 4.61. The van der Waals surface area contributed by atoms with Crippen LogP contribution in [0.4, 0.5) is 21.5 Å². The molecule has 0 aliphatic heterocycles. The van der Waals surface area contributed by atoms with Crippen molar-refractivity contribution in [2.24, 2.45) is 0 Å². The van der Waals surface area contributed by atoms with Crippen LogP contribution < -0.4 is 5.32 Å². The van der Waals surface area contributed by atoms with Gasteiger partial charge in [0.2, 0.25) is 0 Å². The number of hydrogen-bond donors (Lipinski definition) is 1. The standard InChI is InChI=1S/C12H7Cl2FN2O2/c13-7-1-8(14)3-10(2-7)16-11-4-9(15)5-12(6-11)17(18)19/h1-6,16H. The van der Waals surface area contributed by atoms with Gasteiger partial charge >= 0.3 is 0 Å². The Kier molecular flexibility index (Phi) is 3.87. The van der Waals surface area contributed by atoms with Crippen LogP contribution in [0.2, 0.25) is 10.0 Å². The van der Waals surface area contributed by atoms with Crippen molar-refractivity contribution < 1.29 is 9.31 Å². The summed E-state index contributed by atoms with van der Waals surface area (Å²) in [6.07, 6.45) is 0. The van der Waals surface area contributed by atoms with Crippen molar-refractivity contribution in [2.75, 3.05) is 5.32 Å².